The Labute approximate surface area is 116 Å². The number of nitrogens with one attached hydrogen (secondary N) is 1. The van der Waals surface area contributed by atoms with E-state index in [1.807, 2.05) is 0 Å². The van der Waals surface area contributed by atoms with Crippen LogP contribution in [0.25, 0.3) is 0 Å². The third kappa shape index (κ3) is 2.67. The Morgan fingerprint density at radius 1 is 1.25 bits per heavy atom. The van der Waals surface area contributed by atoms with E-state index in [0.29, 0.717) is 31.3 Å². The van der Waals surface area contributed by atoms with Crippen molar-refractivity contribution < 1.29 is 9.47 Å². The van der Waals surface area contributed by atoms with Gasteiger partial charge in [0.15, 0.2) is 5.75 Å². The van der Waals surface area contributed by atoms with E-state index < -0.39 is 0 Å². The van der Waals surface area contributed by atoms with E-state index in [9.17, 15) is 0 Å². The summed E-state index contributed by atoms with van der Waals surface area (Å²) in [5.41, 5.74) is 2.07. The molecular formula is C13H15N5O2. The van der Waals surface area contributed by atoms with Gasteiger partial charge in [0.1, 0.15) is 18.0 Å². The highest BCUT2D eigenvalue weighted by molar-refractivity contribution is 5.46. The molecule has 1 N–H and O–H groups in total. The summed E-state index contributed by atoms with van der Waals surface area (Å²) in [6.07, 6.45) is 5.68. The zero-order valence-electron chi connectivity index (χ0n) is 11.2. The number of nitrogens with zero attached hydrogens (tertiary/aromatic N) is 4. The number of ether oxygens (including phenoxy) is 2. The number of hydrogen-bond donors (Lipinski definition) is 1. The van der Waals surface area contributed by atoms with Crippen LogP contribution in [0, 0.1) is 0 Å². The molecule has 0 bridgehead atoms. The lowest BCUT2D eigenvalue weighted by molar-refractivity contribution is 0.109. The van der Waals surface area contributed by atoms with Gasteiger partial charge in [-0.25, -0.2) is 19.9 Å². The zero-order valence-corrected chi connectivity index (χ0v) is 11.2. The Bertz CT molecular complexity index is 588. The normalized spacial score (nSPS) is 13.7. The lowest BCUT2D eigenvalue weighted by Crippen LogP contribution is -2.16. The second kappa shape index (κ2) is 5.79. The van der Waals surface area contributed by atoms with Crippen LogP contribution in [-0.4, -0.2) is 33.7 Å². The Balaban J connectivity index is 1.71. The Morgan fingerprint density at radius 3 is 2.90 bits per heavy atom. The van der Waals surface area contributed by atoms with Crippen LogP contribution in [0.1, 0.15) is 17.1 Å². The SMILES string of the molecule is COc1cnc(CNc2ncnc3c2COCC3)nc1. The zero-order chi connectivity index (χ0) is 13.8. The van der Waals surface area contributed by atoms with Crippen molar-refractivity contribution in [2.24, 2.45) is 0 Å². The summed E-state index contributed by atoms with van der Waals surface area (Å²) in [5.74, 6) is 2.10. The lowest BCUT2D eigenvalue weighted by atomic mass is 10.1. The summed E-state index contributed by atoms with van der Waals surface area (Å²) < 4.78 is 10.5. The minimum atomic E-state index is 0.493. The van der Waals surface area contributed by atoms with E-state index in [1.54, 1.807) is 25.8 Å². The average molecular weight is 273 g/mol. The summed E-state index contributed by atoms with van der Waals surface area (Å²) in [5, 5.41) is 3.23. The number of rotatable bonds is 4. The van der Waals surface area contributed by atoms with Crippen LogP contribution in [0.15, 0.2) is 18.7 Å². The smallest absolute Gasteiger partial charge is 0.155 e. The second-order valence-corrected chi connectivity index (χ2v) is 4.34. The van der Waals surface area contributed by atoms with E-state index in [1.165, 1.54) is 0 Å². The number of aromatic nitrogens is 4. The Hall–Kier alpha value is -2.28. The maximum absolute atomic E-state index is 5.45. The molecule has 0 radical (unpaired) electrons. The van der Waals surface area contributed by atoms with Crippen LogP contribution < -0.4 is 10.1 Å². The largest absolute Gasteiger partial charge is 0.494 e. The molecule has 7 heteroatoms. The quantitative estimate of drug-likeness (QED) is 0.888. The van der Waals surface area contributed by atoms with E-state index in [2.05, 4.69) is 25.3 Å². The minimum absolute atomic E-state index is 0.493. The summed E-state index contributed by atoms with van der Waals surface area (Å²) in [6, 6.07) is 0. The van der Waals surface area contributed by atoms with Crippen LogP contribution in [0.3, 0.4) is 0 Å². The molecule has 2 aromatic rings. The summed E-state index contributed by atoms with van der Waals surface area (Å²) in [4.78, 5) is 16.9. The molecule has 1 aliphatic rings. The third-order valence-electron chi connectivity index (χ3n) is 3.10. The molecule has 0 saturated heterocycles. The van der Waals surface area contributed by atoms with Gasteiger partial charge in [-0.2, -0.15) is 0 Å². The molecule has 0 aromatic carbocycles. The van der Waals surface area contributed by atoms with Crippen molar-refractivity contribution in [2.45, 2.75) is 19.6 Å². The summed E-state index contributed by atoms with van der Waals surface area (Å²) in [7, 11) is 1.59. The minimum Gasteiger partial charge on any atom is -0.494 e. The molecule has 0 fully saturated rings. The van der Waals surface area contributed by atoms with Gasteiger partial charge in [-0.05, 0) is 0 Å². The molecular weight excluding hydrogens is 258 g/mol. The molecule has 0 aliphatic carbocycles. The van der Waals surface area contributed by atoms with Crippen molar-refractivity contribution >= 4 is 5.82 Å². The second-order valence-electron chi connectivity index (χ2n) is 4.34. The number of fused-ring (bicyclic) bond motifs is 1. The van der Waals surface area contributed by atoms with Gasteiger partial charge < -0.3 is 14.8 Å². The number of anilines is 1. The first-order valence-electron chi connectivity index (χ1n) is 6.36. The molecule has 1 aliphatic heterocycles. The first-order chi connectivity index (χ1) is 9.86. The van der Waals surface area contributed by atoms with Crippen molar-refractivity contribution in [2.75, 3.05) is 19.0 Å². The summed E-state index contributed by atoms with van der Waals surface area (Å²) in [6.45, 7) is 1.75. The van der Waals surface area contributed by atoms with E-state index in [4.69, 9.17) is 9.47 Å². The van der Waals surface area contributed by atoms with Gasteiger partial charge in [0.05, 0.1) is 45.0 Å². The number of hydrogen-bond acceptors (Lipinski definition) is 7. The number of methoxy groups -OCH3 is 1. The van der Waals surface area contributed by atoms with Crippen LogP contribution in [0.5, 0.6) is 5.75 Å². The van der Waals surface area contributed by atoms with E-state index in [0.717, 1.165) is 23.5 Å². The van der Waals surface area contributed by atoms with Gasteiger partial charge in [-0.15, -0.1) is 0 Å². The third-order valence-corrected chi connectivity index (χ3v) is 3.10. The highest BCUT2D eigenvalue weighted by atomic mass is 16.5. The van der Waals surface area contributed by atoms with Gasteiger partial charge in [0.25, 0.3) is 0 Å². The molecule has 3 rings (SSSR count). The first-order valence-corrected chi connectivity index (χ1v) is 6.36. The van der Waals surface area contributed by atoms with Crippen LogP contribution in [0.2, 0.25) is 0 Å². The van der Waals surface area contributed by atoms with Gasteiger partial charge in [-0.3, -0.25) is 0 Å². The fourth-order valence-electron chi connectivity index (χ4n) is 2.01. The summed E-state index contributed by atoms with van der Waals surface area (Å²) >= 11 is 0. The van der Waals surface area contributed by atoms with Gasteiger partial charge in [0.2, 0.25) is 0 Å². The van der Waals surface area contributed by atoms with Crippen molar-refractivity contribution in [1.82, 2.24) is 19.9 Å². The lowest BCUT2D eigenvalue weighted by Gasteiger charge is -2.18. The maximum atomic E-state index is 5.45. The molecule has 0 unspecified atom stereocenters. The van der Waals surface area contributed by atoms with Crippen LogP contribution in [-0.2, 0) is 24.3 Å². The maximum Gasteiger partial charge on any atom is 0.155 e. The molecule has 0 amide bonds. The Morgan fingerprint density at radius 2 is 2.10 bits per heavy atom. The molecule has 104 valence electrons. The molecule has 0 atom stereocenters. The molecule has 2 aromatic heterocycles. The highest BCUT2D eigenvalue weighted by Crippen LogP contribution is 2.21. The average Bonchev–Trinajstić information content (AvgIpc) is 2.53. The van der Waals surface area contributed by atoms with Crippen molar-refractivity contribution in [1.29, 1.82) is 0 Å². The van der Waals surface area contributed by atoms with Crippen LogP contribution >= 0.6 is 0 Å². The van der Waals surface area contributed by atoms with Crippen molar-refractivity contribution in [3.05, 3.63) is 35.8 Å². The van der Waals surface area contributed by atoms with Gasteiger partial charge in [0, 0.05) is 12.0 Å². The van der Waals surface area contributed by atoms with E-state index in [-0.39, 0.29) is 0 Å². The van der Waals surface area contributed by atoms with Crippen LogP contribution in [0.4, 0.5) is 5.82 Å². The predicted molar refractivity (Wildman–Crippen MR) is 71.3 cm³/mol. The molecule has 7 nitrogen and oxygen atoms in total. The molecule has 3 heterocycles. The standard InChI is InChI=1S/C13H15N5O2/c1-19-9-4-14-12(15-5-9)6-16-13-10-7-20-3-2-11(10)17-8-18-13/h4-5,8H,2-3,6-7H2,1H3,(H,16,17,18). The van der Waals surface area contributed by atoms with Crippen molar-refractivity contribution in [3.63, 3.8) is 0 Å². The van der Waals surface area contributed by atoms with Gasteiger partial charge in [-0.1, -0.05) is 0 Å². The fraction of sp³-hybridized carbons (Fsp3) is 0.385. The molecule has 20 heavy (non-hydrogen) atoms. The molecule has 0 saturated carbocycles. The monoisotopic (exact) mass is 273 g/mol. The molecule has 0 spiro atoms. The van der Waals surface area contributed by atoms with E-state index >= 15 is 0 Å². The highest BCUT2D eigenvalue weighted by Gasteiger charge is 2.15. The Kier molecular flexibility index (Phi) is 3.69. The topological polar surface area (TPSA) is 82.0 Å². The van der Waals surface area contributed by atoms with Crippen molar-refractivity contribution in [3.8, 4) is 5.75 Å². The fourth-order valence-corrected chi connectivity index (χ4v) is 2.01. The first kappa shape index (κ1) is 12.7. The predicted octanol–water partition coefficient (Wildman–Crippen LogP) is 0.960. The van der Waals surface area contributed by atoms with Gasteiger partial charge >= 0.3 is 0 Å².